The smallest absolute Gasteiger partial charge is 0.133 e. The Balaban J connectivity index is 2.51. The highest BCUT2D eigenvalue weighted by atomic mass is 79.9. The fourth-order valence-corrected chi connectivity index (χ4v) is 2.40. The number of halogens is 1. The van der Waals surface area contributed by atoms with E-state index in [-0.39, 0.29) is 18.3 Å². The van der Waals surface area contributed by atoms with Gasteiger partial charge in [-0.15, -0.1) is 0 Å². The number of hydrogen-bond acceptors (Lipinski definition) is 3. The van der Waals surface area contributed by atoms with Crippen LogP contribution < -0.4 is 4.74 Å². The van der Waals surface area contributed by atoms with Gasteiger partial charge in [0.2, 0.25) is 0 Å². The van der Waals surface area contributed by atoms with Crippen molar-refractivity contribution in [1.29, 1.82) is 0 Å². The molecule has 1 aromatic carbocycles. The summed E-state index contributed by atoms with van der Waals surface area (Å²) in [4.78, 5) is 10.4. The lowest BCUT2D eigenvalue weighted by Crippen LogP contribution is -2.05. The molecule has 80 valence electrons. The van der Waals surface area contributed by atoms with Crippen molar-refractivity contribution in [3.05, 3.63) is 21.7 Å². The number of carbonyl (C=O) groups excluding carboxylic acids is 1. The molecule has 0 fully saturated rings. The Kier molecular flexibility index (Phi) is 2.69. The third-order valence-corrected chi connectivity index (χ3v) is 3.36. The SMILES string of the molecule is CC1Cc2c(cc(CC=O)c(O)c2Br)O1. The molecule has 1 N–H and O–H groups in total. The molecule has 3 nitrogen and oxygen atoms in total. The number of fused-ring (bicyclic) bond motifs is 1. The number of phenolic OH excluding ortho intramolecular Hbond substituents is 1. The van der Waals surface area contributed by atoms with Crippen LogP contribution in [0.5, 0.6) is 11.5 Å². The topological polar surface area (TPSA) is 46.5 Å². The van der Waals surface area contributed by atoms with E-state index < -0.39 is 0 Å². The summed E-state index contributed by atoms with van der Waals surface area (Å²) in [6.07, 6.45) is 1.88. The molecule has 1 heterocycles. The maximum Gasteiger partial charge on any atom is 0.133 e. The molecule has 0 saturated carbocycles. The van der Waals surface area contributed by atoms with E-state index in [2.05, 4.69) is 15.9 Å². The number of aromatic hydroxyl groups is 1. The minimum Gasteiger partial charge on any atom is -0.506 e. The van der Waals surface area contributed by atoms with E-state index in [4.69, 9.17) is 4.74 Å². The van der Waals surface area contributed by atoms with Crippen LogP contribution in [0, 0.1) is 0 Å². The summed E-state index contributed by atoms with van der Waals surface area (Å²) in [6, 6.07) is 1.74. The van der Waals surface area contributed by atoms with Crippen LogP contribution in [-0.4, -0.2) is 17.5 Å². The molecule has 1 aliphatic heterocycles. The first-order chi connectivity index (χ1) is 7.13. The van der Waals surface area contributed by atoms with Crippen molar-refractivity contribution in [3.63, 3.8) is 0 Å². The van der Waals surface area contributed by atoms with Gasteiger partial charge >= 0.3 is 0 Å². The van der Waals surface area contributed by atoms with Gasteiger partial charge < -0.3 is 14.6 Å². The van der Waals surface area contributed by atoms with Gasteiger partial charge in [0.1, 0.15) is 23.9 Å². The van der Waals surface area contributed by atoms with Crippen LogP contribution in [0.4, 0.5) is 0 Å². The number of phenols is 1. The predicted octanol–water partition coefficient (Wildman–Crippen LogP) is 2.22. The molecule has 0 radical (unpaired) electrons. The maximum atomic E-state index is 10.4. The van der Waals surface area contributed by atoms with Gasteiger partial charge in [-0.1, -0.05) is 0 Å². The van der Waals surface area contributed by atoms with Crippen LogP contribution >= 0.6 is 15.9 Å². The lowest BCUT2D eigenvalue weighted by atomic mass is 10.1. The number of aldehydes is 1. The largest absolute Gasteiger partial charge is 0.506 e. The molecular weight excluding hydrogens is 260 g/mol. The van der Waals surface area contributed by atoms with Crippen molar-refractivity contribution in [1.82, 2.24) is 0 Å². The lowest BCUT2D eigenvalue weighted by molar-refractivity contribution is -0.107. The molecule has 0 amide bonds. The highest BCUT2D eigenvalue weighted by Gasteiger charge is 2.25. The van der Waals surface area contributed by atoms with Crippen molar-refractivity contribution in [3.8, 4) is 11.5 Å². The van der Waals surface area contributed by atoms with Crippen molar-refractivity contribution < 1.29 is 14.6 Å². The van der Waals surface area contributed by atoms with Gasteiger partial charge in [-0.2, -0.15) is 0 Å². The molecule has 1 atom stereocenters. The minimum absolute atomic E-state index is 0.127. The molecule has 0 saturated heterocycles. The zero-order valence-corrected chi connectivity index (χ0v) is 9.87. The third kappa shape index (κ3) is 1.74. The second-order valence-corrected chi connectivity index (χ2v) is 4.47. The number of carbonyl (C=O) groups is 1. The van der Waals surface area contributed by atoms with Gasteiger partial charge in [0, 0.05) is 24.0 Å². The maximum absolute atomic E-state index is 10.4. The van der Waals surface area contributed by atoms with Crippen LogP contribution in [0.2, 0.25) is 0 Å². The minimum atomic E-state index is 0.127. The van der Waals surface area contributed by atoms with E-state index in [1.807, 2.05) is 6.92 Å². The first-order valence-electron chi connectivity index (χ1n) is 4.77. The number of benzene rings is 1. The quantitative estimate of drug-likeness (QED) is 0.839. The Labute approximate surface area is 96.2 Å². The molecular formula is C11H11BrO3. The molecule has 2 rings (SSSR count). The lowest BCUT2D eigenvalue weighted by Gasteiger charge is -2.08. The molecule has 0 spiro atoms. The monoisotopic (exact) mass is 270 g/mol. The molecule has 0 aliphatic carbocycles. The highest BCUT2D eigenvalue weighted by molar-refractivity contribution is 9.10. The van der Waals surface area contributed by atoms with Crippen molar-refractivity contribution in [2.24, 2.45) is 0 Å². The van der Waals surface area contributed by atoms with Gasteiger partial charge in [0.15, 0.2) is 0 Å². The molecule has 4 heteroatoms. The van der Waals surface area contributed by atoms with E-state index in [9.17, 15) is 9.90 Å². The van der Waals surface area contributed by atoms with Crippen LogP contribution in [0.3, 0.4) is 0 Å². The van der Waals surface area contributed by atoms with Crippen molar-refractivity contribution in [2.75, 3.05) is 0 Å². The summed E-state index contributed by atoms with van der Waals surface area (Å²) < 4.78 is 6.23. The average Bonchev–Trinajstić information content (AvgIpc) is 2.56. The molecule has 0 aromatic heterocycles. The third-order valence-electron chi connectivity index (χ3n) is 2.50. The number of ether oxygens (including phenoxy) is 1. The normalized spacial score (nSPS) is 18.4. The predicted molar refractivity (Wildman–Crippen MR) is 59.4 cm³/mol. The Morgan fingerprint density at radius 2 is 2.47 bits per heavy atom. The molecule has 1 aliphatic rings. The van der Waals surface area contributed by atoms with Crippen molar-refractivity contribution in [2.45, 2.75) is 25.9 Å². The van der Waals surface area contributed by atoms with E-state index in [0.29, 0.717) is 10.0 Å². The molecule has 15 heavy (non-hydrogen) atoms. The molecule has 1 unspecified atom stereocenters. The van der Waals surface area contributed by atoms with Crippen molar-refractivity contribution >= 4 is 22.2 Å². The van der Waals surface area contributed by atoms with Crippen LogP contribution in [0.25, 0.3) is 0 Å². The zero-order chi connectivity index (χ0) is 11.0. The van der Waals surface area contributed by atoms with E-state index in [0.717, 1.165) is 24.0 Å². The second kappa shape index (κ2) is 3.85. The van der Waals surface area contributed by atoms with Crippen LogP contribution in [-0.2, 0) is 17.6 Å². The Morgan fingerprint density at radius 3 is 3.13 bits per heavy atom. The van der Waals surface area contributed by atoms with Crippen LogP contribution in [0.1, 0.15) is 18.1 Å². The fraction of sp³-hybridized carbons (Fsp3) is 0.364. The Hall–Kier alpha value is -1.03. The van der Waals surface area contributed by atoms with E-state index >= 15 is 0 Å². The summed E-state index contributed by atoms with van der Waals surface area (Å²) in [5.74, 6) is 0.919. The summed E-state index contributed by atoms with van der Waals surface area (Å²) in [6.45, 7) is 1.98. The van der Waals surface area contributed by atoms with E-state index in [1.165, 1.54) is 0 Å². The number of hydrogen-bond donors (Lipinski definition) is 1. The second-order valence-electron chi connectivity index (χ2n) is 3.68. The van der Waals surface area contributed by atoms with Gasteiger partial charge in [-0.3, -0.25) is 0 Å². The standard InChI is InChI=1S/C11H11BrO3/c1-6-4-8-9(15-6)5-7(2-3-13)11(14)10(8)12/h3,5-6,14H,2,4H2,1H3. The van der Waals surface area contributed by atoms with Crippen LogP contribution in [0.15, 0.2) is 10.5 Å². The van der Waals surface area contributed by atoms with E-state index in [1.54, 1.807) is 6.07 Å². The highest BCUT2D eigenvalue weighted by Crippen LogP contribution is 2.42. The molecule has 0 bridgehead atoms. The van der Waals surface area contributed by atoms with Gasteiger partial charge in [0.05, 0.1) is 4.47 Å². The summed E-state index contributed by atoms with van der Waals surface area (Å²) in [5, 5.41) is 9.82. The average molecular weight is 271 g/mol. The number of rotatable bonds is 2. The van der Waals surface area contributed by atoms with Gasteiger partial charge in [-0.25, -0.2) is 0 Å². The van der Waals surface area contributed by atoms with Gasteiger partial charge in [0.25, 0.3) is 0 Å². The first kappa shape index (κ1) is 10.5. The molecule has 1 aromatic rings. The summed E-state index contributed by atoms with van der Waals surface area (Å²) in [5.41, 5.74) is 1.58. The summed E-state index contributed by atoms with van der Waals surface area (Å²) in [7, 11) is 0. The fourth-order valence-electron chi connectivity index (χ4n) is 1.79. The Morgan fingerprint density at radius 1 is 1.73 bits per heavy atom. The summed E-state index contributed by atoms with van der Waals surface area (Å²) >= 11 is 3.33. The Bertz CT molecular complexity index is 415. The first-order valence-corrected chi connectivity index (χ1v) is 5.56. The zero-order valence-electron chi connectivity index (χ0n) is 8.29. The van der Waals surface area contributed by atoms with Gasteiger partial charge in [-0.05, 0) is 28.9 Å².